The Bertz CT molecular complexity index is 548. The summed E-state index contributed by atoms with van der Waals surface area (Å²) >= 11 is 1.31. The molecule has 6 heteroatoms. The average molecular weight is 320 g/mol. The zero-order chi connectivity index (χ0) is 15.9. The van der Waals surface area contributed by atoms with Crippen LogP contribution in [-0.4, -0.2) is 47.1 Å². The maximum Gasteiger partial charge on any atom is 0.232 e. The number of piperidine rings is 1. The largest absolute Gasteiger partial charge is 0.369 e. The van der Waals surface area contributed by atoms with E-state index in [1.54, 1.807) is 17.0 Å². The summed E-state index contributed by atoms with van der Waals surface area (Å²) in [7, 11) is 0. The first kappa shape index (κ1) is 16.5. The molecule has 0 saturated carbocycles. The molecule has 1 aliphatic rings. The number of hydrogen-bond acceptors (Lipinski definition) is 4. The molecular weight excluding hydrogens is 300 g/mol. The van der Waals surface area contributed by atoms with Gasteiger partial charge in [-0.3, -0.25) is 14.4 Å². The lowest BCUT2D eigenvalue weighted by Gasteiger charge is -2.31. The van der Waals surface area contributed by atoms with Gasteiger partial charge in [-0.1, -0.05) is 30.3 Å². The van der Waals surface area contributed by atoms with E-state index < -0.39 is 0 Å². The monoisotopic (exact) mass is 320 g/mol. The van der Waals surface area contributed by atoms with Crippen molar-refractivity contribution in [3.05, 3.63) is 35.9 Å². The molecule has 1 aromatic rings. The van der Waals surface area contributed by atoms with E-state index in [-0.39, 0.29) is 35.0 Å². The highest BCUT2D eigenvalue weighted by molar-refractivity contribution is 8.00. The number of likely N-dealkylation sites (tertiary alicyclic amines) is 1. The Hall–Kier alpha value is -1.82. The van der Waals surface area contributed by atoms with Gasteiger partial charge in [0, 0.05) is 18.7 Å². The van der Waals surface area contributed by atoms with Crippen molar-refractivity contribution in [3.63, 3.8) is 0 Å². The zero-order valence-electron chi connectivity index (χ0n) is 12.4. The molecule has 1 heterocycles. The number of amides is 2. The van der Waals surface area contributed by atoms with Gasteiger partial charge in [0.15, 0.2) is 5.78 Å². The van der Waals surface area contributed by atoms with Crippen LogP contribution in [0.5, 0.6) is 0 Å². The topological polar surface area (TPSA) is 80.5 Å². The molecule has 118 valence electrons. The number of carbonyl (C=O) groups excluding carboxylic acids is 3. The van der Waals surface area contributed by atoms with E-state index in [2.05, 4.69) is 0 Å². The zero-order valence-corrected chi connectivity index (χ0v) is 13.2. The van der Waals surface area contributed by atoms with Gasteiger partial charge in [0.05, 0.1) is 17.4 Å². The number of Topliss-reactive ketones (excluding diaryl/α,β-unsaturated/α-hetero) is 1. The van der Waals surface area contributed by atoms with Gasteiger partial charge in [-0.2, -0.15) is 0 Å². The number of benzene rings is 1. The van der Waals surface area contributed by atoms with Gasteiger partial charge in [0.2, 0.25) is 11.8 Å². The van der Waals surface area contributed by atoms with Crippen molar-refractivity contribution in [1.82, 2.24) is 4.90 Å². The minimum Gasteiger partial charge on any atom is -0.369 e. The highest BCUT2D eigenvalue weighted by Gasteiger charge is 2.26. The summed E-state index contributed by atoms with van der Waals surface area (Å²) in [6, 6.07) is 9.04. The average Bonchev–Trinajstić information content (AvgIpc) is 2.55. The third kappa shape index (κ3) is 4.59. The number of thioether (sulfide) groups is 1. The second kappa shape index (κ2) is 7.98. The SMILES string of the molecule is NC(=O)C1CCCN(C(=O)CSCC(=O)c2ccccc2)C1. The van der Waals surface area contributed by atoms with Crippen molar-refractivity contribution in [1.29, 1.82) is 0 Å². The Morgan fingerprint density at radius 2 is 1.91 bits per heavy atom. The van der Waals surface area contributed by atoms with Crippen LogP contribution in [-0.2, 0) is 9.59 Å². The van der Waals surface area contributed by atoms with Gasteiger partial charge < -0.3 is 10.6 Å². The van der Waals surface area contributed by atoms with Gasteiger partial charge in [-0.15, -0.1) is 11.8 Å². The van der Waals surface area contributed by atoms with Gasteiger partial charge >= 0.3 is 0 Å². The van der Waals surface area contributed by atoms with E-state index in [1.165, 1.54) is 11.8 Å². The minimum absolute atomic E-state index is 0.0204. The van der Waals surface area contributed by atoms with Crippen LogP contribution in [0.15, 0.2) is 30.3 Å². The number of carbonyl (C=O) groups is 3. The molecular formula is C16H20N2O3S. The molecule has 1 aromatic carbocycles. The highest BCUT2D eigenvalue weighted by Crippen LogP contribution is 2.17. The highest BCUT2D eigenvalue weighted by atomic mass is 32.2. The van der Waals surface area contributed by atoms with Crippen LogP contribution in [0.25, 0.3) is 0 Å². The van der Waals surface area contributed by atoms with Crippen molar-refractivity contribution in [2.45, 2.75) is 12.8 Å². The van der Waals surface area contributed by atoms with Crippen LogP contribution >= 0.6 is 11.8 Å². The molecule has 2 amide bonds. The van der Waals surface area contributed by atoms with Crippen LogP contribution in [0.2, 0.25) is 0 Å². The van der Waals surface area contributed by atoms with Crippen LogP contribution < -0.4 is 5.73 Å². The van der Waals surface area contributed by atoms with Crippen LogP contribution in [0, 0.1) is 5.92 Å². The van der Waals surface area contributed by atoms with Gasteiger partial charge in [0.1, 0.15) is 0 Å². The molecule has 0 spiro atoms. The normalized spacial score (nSPS) is 18.0. The van der Waals surface area contributed by atoms with Gasteiger partial charge in [-0.25, -0.2) is 0 Å². The number of nitrogens with two attached hydrogens (primary N) is 1. The van der Waals surface area contributed by atoms with Gasteiger partial charge in [0.25, 0.3) is 0 Å². The number of hydrogen-bond donors (Lipinski definition) is 1. The molecule has 22 heavy (non-hydrogen) atoms. The summed E-state index contributed by atoms with van der Waals surface area (Å²) in [5, 5.41) is 0. The summed E-state index contributed by atoms with van der Waals surface area (Å²) in [4.78, 5) is 37.0. The first-order valence-corrected chi connectivity index (χ1v) is 8.46. The Labute approximate surface area is 134 Å². The van der Waals surface area contributed by atoms with Crippen LogP contribution in [0.1, 0.15) is 23.2 Å². The summed E-state index contributed by atoms with van der Waals surface area (Å²) in [6.45, 7) is 1.07. The summed E-state index contributed by atoms with van der Waals surface area (Å²) in [5.41, 5.74) is 5.97. The second-order valence-corrected chi connectivity index (χ2v) is 6.35. The smallest absolute Gasteiger partial charge is 0.232 e. The fraction of sp³-hybridized carbons (Fsp3) is 0.438. The second-order valence-electron chi connectivity index (χ2n) is 5.36. The Kier molecular flexibility index (Phi) is 6.00. The predicted octanol–water partition coefficient (Wildman–Crippen LogP) is 1.33. The minimum atomic E-state index is -0.343. The van der Waals surface area contributed by atoms with E-state index in [0.29, 0.717) is 18.7 Å². The van der Waals surface area contributed by atoms with Gasteiger partial charge in [-0.05, 0) is 12.8 Å². The van der Waals surface area contributed by atoms with Crippen molar-refractivity contribution in [3.8, 4) is 0 Å². The number of nitrogens with zero attached hydrogens (tertiary/aromatic N) is 1. The standard InChI is InChI=1S/C16H20N2O3S/c17-16(21)13-7-4-8-18(9-13)15(20)11-22-10-14(19)12-5-2-1-3-6-12/h1-3,5-6,13H,4,7-11H2,(H2,17,21). The molecule has 5 nitrogen and oxygen atoms in total. The van der Waals surface area contributed by atoms with E-state index in [1.807, 2.05) is 18.2 Å². The van der Waals surface area contributed by atoms with Crippen molar-refractivity contribution in [2.75, 3.05) is 24.6 Å². The maximum atomic E-state index is 12.1. The molecule has 0 bridgehead atoms. The van der Waals surface area contributed by atoms with E-state index in [4.69, 9.17) is 5.73 Å². The molecule has 1 fully saturated rings. The van der Waals surface area contributed by atoms with Crippen molar-refractivity contribution >= 4 is 29.4 Å². The summed E-state index contributed by atoms with van der Waals surface area (Å²) < 4.78 is 0. The Morgan fingerprint density at radius 1 is 1.18 bits per heavy atom. The summed E-state index contributed by atoms with van der Waals surface area (Å²) in [5.74, 6) is -0.0608. The fourth-order valence-corrected chi connectivity index (χ4v) is 3.28. The number of primary amides is 1. The Morgan fingerprint density at radius 3 is 2.59 bits per heavy atom. The van der Waals surface area contributed by atoms with E-state index in [9.17, 15) is 14.4 Å². The maximum absolute atomic E-state index is 12.1. The predicted molar refractivity (Wildman–Crippen MR) is 86.6 cm³/mol. The fourth-order valence-electron chi connectivity index (χ4n) is 2.47. The Balaban J connectivity index is 1.76. The van der Waals surface area contributed by atoms with Crippen LogP contribution in [0.4, 0.5) is 0 Å². The molecule has 0 aliphatic carbocycles. The molecule has 0 radical (unpaired) electrons. The lowest BCUT2D eigenvalue weighted by atomic mass is 9.97. The third-order valence-corrected chi connectivity index (χ3v) is 4.65. The molecule has 1 unspecified atom stereocenters. The van der Waals surface area contributed by atoms with Crippen LogP contribution in [0.3, 0.4) is 0 Å². The molecule has 0 aromatic heterocycles. The third-order valence-electron chi connectivity index (χ3n) is 3.73. The first-order valence-electron chi connectivity index (χ1n) is 7.31. The lowest BCUT2D eigenvalue weighted by molar-refractivity contribution is -0.132. The molecule has 1 aliphatic heterocycles. The molecule has 2 rings (SSSR count). The quantitative estimate of drug-likeness (QED) is 0.802. The summed E-state index contributed by atoms with van der Waals surface area (Å²) in [6.07, 6.45) is 1.55. The lowest BCUT2D eigenvalue weighted by Crippen LogP contribution is -2.44. The number of rotatable bonds is 6. The van der Waals surface area contributed by atoms with E-state index >= 15 is 0 Å². The van der Waals surface area contributed by atoms with Crippen molar-refractivity contribution < 1.29 is 14.4 Å². The molecule has 1 saturated heterocycles. The molecule has 2 N–H and O–H groups in total. The number of ketones is 1. The van der Waals surface area contributed by atoms with Crippen molar-refractivity contribution in [2.24, 2.45) is 11.7 Å². The molecule has 1 atom stereocenters. The first-order chi connectivity index (χ1) is 10.6. The van der Waals surface area contributed by atoms with E-state index in [0.717, 1.165) is 12.8 Å².